The average molecular weight is 541 g/mol. The molecule has 0 N–H and O–H groups in total. The van der Waals surface area contributed by atoms with Gasteiger partial charge >= 0.3 is 5.97 Å². The molecule has 40 heavy (non-hydrogen) atoms. The summed E-state index contributed by atoms with van der Waals surface area (Å²) in [5.41, 5.74) is 3.98. The lowest BCUT2D eigenvalue weighted by molar-refractivity contribution is -0.151. The molecule has 0 fully saturated rings. The maximum atomic E-state index is 12.0. The molecule has 3 aromatic carbocycles. The van der Waals surface area contributed by atoms with Crippen LogP contribution >= 0.6 is 0 Å². The lowest BCUT2D eigenvalue weighted by atomic mass is 9.86. The first-order chi connectivity index (χ1) is 19.4. The Morgan fingerprint density at radius 2 is 1.60 bits per heavy atom. The average Bonchev–Trinajstić information content (AvgIpc) is 3.36. The van der Waals surface area contributed by atoms with E-state index >= 15 is 0 Å². The number of carbonyl (C=O) groups is 1. The molecule has 0 aliphatic carbocycles. The van der Waals surface area contributed by atoms with Gasteiger partial charge in [0.15, 0.2) is 0 Å². The van der Waals surface area contributed by atoms with Crippen molar-refractivity contribution in [1.29, 1.82) is 0 Å². The number of nitrogens with zero attached hydrogens (tertiary/aromatic N) is 2. The van der Waals surface area contributed by atoms with Crippen molar-refractivity contribution in [3.63, 3.8) is 0 Å². The third kappa shape index (κ3) is 7.82. The molecule has 7 nitrogen and oxygen atoms in total. The number of ether oxygens (including phenoxy) is 2. The summed E-state index contributed by atoms with van der Waals surface area (Å²) in [6.45, 7) is 6.33. The molecule has 0 aliphatic heterocycles. The van der Waals surface area contributed by atoms with Crippen LogP contribution in [-0.4, -0.2) is 23.8 Å². The van der Waals surface area contributed by atoms with Crippen LogP contribution in [-0.2, 0) is 27.6 Å². The Balaban J connectivity index is 1.32. The van der Waals surface area contributed by atoms with Gasteiger partial charge in [-0.25, -0.2) is 4.98 Å². The molecule has 0 radical (unpaired) electrons. The number of aromatic nitrogens is 1. The first kappa shape index (κ1) is 28.6. The molecular weight excluding hydrogens is 504 g/mol. The smallest absolute Gasteiger partial charge is 0.311 e. The second-order valence-electron chi connectivity index (χ2n) is 10.2. The highest BCUT2D eigenvalue weighted by Gasteiger charge is 2.28. The number of oxime groups is 1. The molecular formula is C33H36N2O5. The Hall–Kier alpha value is -4.39. The molecule has 4 aromatic rings. The van der Waals surface area contributed by atoms with E-state index in [1.165, 1.54) is 7.11 Å². The van der Waals surface area contributed by atoms with Gasteiger partial charge in [-0.15, -0.1) is 0 Å². The standard InChI is InChI=1S/C33H36N2O5/c1-24-30(34-31(40-24)27-14-9-6-10-15-27)23-38-28-19-17-25(18-20-28)22-39-35-29(26-12-7-5-8-13-26)16-11-21-33(2,3)32(36)37-4/h5-10,12-15,17-20H,11,16,21-23H2,1-4H3. The SMILES string of the molecule is COC(=O)C(C)(C)CCCC(=NOCc1ccc(OCc2nc(-c3ccccc3)oc2C)cc1)c1ccccc1. The van der Waals surface area contributed by atoms with Gasteiger partial charge in [-0.1, -0.05) is 65.8 Å². The van der Waals surface area contributed by atoms with Crippen LogP contribution < -0.4 is 4.74 Å². The number of benzene rings is 3. The van der Waals surface area contributed by atoms with Gasteiger partial charge in [0.1, 0.15) is 30.4 Å². The zero-order valence-corrected chi connectivity index (χ0v) is 23.6. The third-order valence-electron chi connectivity index (χ3n) is 6.68. The Morgan fingerprint density at radius 3 is 2.27 bits per heavy atom. The van der Waals surface area contributed by atoms with Crippen LogP contribution in [0.15, 0.2) is 94.5 Å². The Bertz CT molecular complexity index is 1390. The quantitative estimate of drug-likeness (QED) is 0.0991. The summed E-state index contributed by atoms with van der Waals surface area (Å²) in [6.07, 6.45) is 2.15. The van der Waals surface area contributed by atoms with Gasteiger partial charge in [0.25, 0.3) is 0 Å². The highest BCUT2D eigenvalue weighted by molar-refractivity contribution is 6.00. The molecule has 4 rings (SSSR count). The van der Waals surface area contributed by atoms with Crippen molar-refractivity contribution in [1.82, 2.24) is 4.98 Å². The van der Waals surface area contributed by atoms with Gasteiger partial charge in [-0.2, -0.15) is 0 Å². The van der Waals surface area contributed by atoms with Crippen molar-refractivity contribution in [2.45, 2.75) is 53.2 Å². The molecule has 0 spiro atoms. The number of methoxy groups -OCH3 is 1. The fourth-order valence-corrected chi connectivity index (χ4v) is 4.23. The molecule has 1 aromatic heterocycles. The number of rotatable bonds is 13. The van der Waals surface area contributed by atoms with Gasteiger partial charge in [0.2, 0.25) is 5.89 Å². The van der Waals surface area contributed by atoms with Crippen molar-refractivity contribution >= 4 is 11.7 Å². The number of carbonyl (C=O) groups excluding carboxylic acids is 1. The summed E-state index contributed by atoms with van der Waals surface area (Å²) in [4.78, 5) is 22.4. The zero-order chi connectivity index (χ0) is 28.4. The third-order valence-corrected chi connectivity index (χ3v) is 6.68. The normalized spacial score (nSPS) is 11.8. The number of hydrogen-bond donors (Lipinski definition) is 0. The molecule has 0 aliphatic rings. The van der Waals surface area contributed by atoms with Crippen molar-refractivity contribution < 1.29 is 23.5 Å². The van der Waals surface area contributed by atoms with Crippen molar-refractivity contribution in [2.75, 3.05) is 7.11 Å². The van der Waals surface area contributed by atoms with Crippen LogP contribution in [0.2, 0.25) is 0 Å². The summed E-state index contributed by atoms with van der Waals surface area (Å²) in [7, 11) is 1.42. The molecule has 208 valence electrons. The van der Waals surface area contributed by atoms with E-state index in [1.807, 2.05) is 106 Å². The fourth-order valence-electron chi connectivity index (χ4n) is 4.23. The predicted octanol–water partition coefficient (Wildman–Crippen LogP) is 7.52. The maximum absolute atomic E-state index is 12.0. The van der Waals surface area contributed by atoms with Gasteiger partial charge in [0.05, 0.1) is 18.2 Å². The van der Waals surface area contributed by atoms with E-state index in [0.29, 0.717) is 31.9 Å². The Kier molecular flexibility index (Phi) is 9.73. The minimum atomic E-state index is -0.544. The second kappa shape index (κ2) is 13.6. The Morgan fingerprint density at radius 1 is 0.925 bits per heavy atom. The van der Waals surface area contributed by atoms with Gasteiger partial charge in [-0.3, -0.25) is 4.79 Å². The topological polar surface area (TPSA) is 83.2 Å². The van der Waals surface area contributed by atoms with E-state index in [0.717, 1.165) is 46.0 Å². The summed E-state index contributed by atoms with van der Waals surface area (Å²) in [6, 6.07) is 27.5. The predicted molar refractivity (Wildman–Crippen MR) is 155 cm³/mol. The highest BCUT2D eigenvalue weighted by Crippen LogP contribution is 2.26. The van der Waals surface area contributed by atoms with E-state index < -0.39 is 5.41 Å². The second-order valence-corrected chi connectivity index (χ2v) is 10.2. The molecule has 0 saturated heterocycles. The monoisotopic (exact) mass is 540 g/mol. The van der Waals surface area contributed by atoms with Crippen LogP contribution in [0.25, 0.3) is 11.5 Å². The minimum Gasteiger partial charge on any atom is -0.487 e. The fraction of sp³-hybridized carbons (Fsp3) is 0.303. The summed E-state index contributed by atoms with van der Waals surface area (Å²) in [5.74, 6) is 1.85. The zero-order valence-electron chi connectivity index (χ0n) is 23.6. The van der Waals surface area contributed by atoms with Crippen molar-refractivity contribution in [3.05, 3.63) is 108 Å². The number of hydrogen-bond acceptors (Lipinski definition) is 7. The molecule has 1 heterocycles. The summed E-state index contributed by atoms with van der Waals surface area (Å²) in [5, 5.41) is 4.46. The van der Waals surface area contributed by atoms with Gasteiger partial charge in [0, 0.05) is 5.56 Å². The van der Waals surface area contributed by atoms with E-state index in [9.17, 15) is 4.79 Å². The lowest BCUT2D eigenvalue weighted by Crippen LogP contribution is -2.25. The number of esters is 1. The molecule has 7 heteroatoms. The van der Waals surface area contributed by atoms with Gasteiger partial charge in [-0.05, 0) is 75.4 Å². The van der Waals surface area contributed by atoms with E-state index in [2.05, 4.69) is 10.1 Å². The van der Waals surface area contributed by atoms with Crippen LogP contribution in [0.1, 0.15) is 55.7 Å². The number of aryl methyl sites for hydroxylation is 1. The maximum Gasteiger partial charge on any atom is 0.311 e. The Labute approximate surface area is 235 Å². The molecule has 0 saturated carbocycles. The van der Waals surface area contributed by atoms with E-state index in [4.69, 9.17) is 18.7 Å². The van der Waals surface area contributed by atoms with Crippen LogP contribution in [0.4, 0.5) is 0 Å². The molecule has 0 atom stereocenters. The minimum absolute atomic E-state index is 0.206. The summed E-state index contributed by atoms with van der Waals surface area (Å²) < 4.78 is 16.7. The van der Waals surface area contributed by atoms with Gasteiger partial charge < -0.3 is 18.7 Å². The molecule has 0 bridgehead atoms. The first-order valence-corrected chi connectivity index (χ1v) is 13.4. The van der Waals surface area contributed by atoms with Crippen molar-refractivity contribution in [3.8, 4) is 17.2 Å². The highest BCUT2D eigenvalue weighted by atomic mass is 16.6. The van der Waals surface area contributed by atoms with E-state index in [-0.39, 0.29) is 5.97 Å². The molecule has 0 unspecified atom stereocenters. The summed E-state index contributed by atoms with van der Waals surface area (Å²) >= 11 is 0. The van der Waals surface area contributed by atoms with E-state index in [1.54, 1.807) is 0 Å². The lowest BCUT2D eigenvalue weighted by Gasteiger charge is -2.21. The first-order valence-electron chi connectivity index (χ1n) is 13.4. The van der Waals surface area contributed by atoms with Crippen LogP contribution in [0.5, 0.6) is 5.75 Å². The van der Waals surface area contributed by atoms with Crippen molar-refractivity contribution in [2.24, 2.45) is 10.6 Å². The van der Waals surface area contributed by atoms with Crippen LogP contribution in [0.3, 0.4) is 0 Å². The van der Waals surface area contributed by atoms with Crippen LogP contribution in [0, 0.1) is 12.3 Å². The molecule has 0 amide bonds. The largest absolute Gasteiger partial charge is 0.487 e. The number of oxazole rings is 1.